The number of imidazole rings is 1. The minimum absolute atomic E-state index is 0.147. The Morgan fingerprint density at radius 3 is 3.30 bits per heavy atom. The minimum atomic E-state index is 0.147. The lowest BCUT2D eigenvalue weighted by Gasteiger charge is -2.28. The van der Waals surface area contributed by atoms with Crippen molar-refractivity contribution in [2.24, 2.45) is 0 Å². The fourth-order valence-corrected chi connectivity index (χ4v) is 4.51. The maximum atomic E-state index is 12.4. The molecule has 1 N–H and O–H groups in total. The number of aryl methyl sites for hydroxylation is 2. The molecule has 0 saturated heterocycles. The number of carbonyl (C=O) groups is 1. The first-order valence-corrected chi connectivity index (χ1v) is 9.15. The molecule has 0 aromatic carbocycles. The summed E-state index contributed by atoms with van der Waals surface area (Å²) in [4.78, 5) is 20.6. The van der Waals surface area contributed by atoms with Gasteiger partial charge in [0.1, 0.15) is 5.82 Å². The van der Waals surface area contributed by atoms with Gasteiger partial charge in [-0.1, -0.05) is 0 Å². The minimum Gasteiger partial charge on any atom is -0.350 e. The summed E-state index contributed by atoms with van der Waals surface area (Å²) in [5.74, 6) is 1.29. The molecule has 0 spiro atoms. The van der Waals surface area contributed by atoms with Crippen molar-refractivity contribution in [3.05, 3.63) is 39.6 Å². The molecule has 2 aromatic heterocycles. The molecule has 5 nitrogen and oxygen atoms in total. The Morgan fingerprint density at radius 1 is 1.48 bits per heavy atom. The molecule has 2 aliphatic heterocycles. The predicted octanol–water partition coefficient (Wildman–Crippen LogP) is 1.74. The lowest BCUT2D eigenvalue weighted by molar-refractivity contribution is -0.123. The number of hydrogen-bond donors (Lipinski definition) is 1. The van der Waals surface area contributed by atoms with Crippen molar-refractivity contribution >= 4 is 17.2 Å². The molecule has 1 amide bonds. The highest BCUT2D eigenvalue weighted by atomic mass is 32.1. The molecular formula is C17H22N4OS. The molecule has 4 heterocycles. The Balaban J connectivity index is 1.31. The number of carbonyl (C=O) groups excluding carboxylic acids is 1. The topological polar surface area (TPSA) is 50.2 Å². The highest BCUT2D eigenvalue weighted by Gasteiger charge is 2.23. The zero-order valence-corrected chi connectivity index (χ0v) is 14.2. The third-order valence-corrected chi connectivity index (χ3v) is 5.76. The van der Waals surface area contributed by atoms with Crippen molar-refractivity contribution in [3.63, 3.8) is 0 Å². The number of fused-ring (bicyclic) bond motifs is 2. The number of rotatable bonds is 3. The van der Waals surface area contributed by atoms with Gasteiger partial charge in [-0.15, -0.1) is 11.3 Å². The van der Waals surface area contributed by atoms with E-state index in [1.54, 1.807) is 0 Å². The molecule has 0 bridgehead atoms. The second-order valence-electron chi connectivity index (χ2n) is 6.58. The van der Waals surface area contributed by atoms with Crippen LogP contribution in [0.1, 0.15) is 28.4 Å². The van der Waals surface area contributed by atoms with E-state index in [-0.39, 0.29) is 11.9 Å². The SMILES string of the molecule is Cc1cn2c(n1)CC[C@@H](NC(=O)CN1CCc3sccc3C1)C2. The van der Waals surface area contributed by atoms with Gasteiger partial charge in [-0.3, -0.25) is 9.69 Å². The molecule has 6 heteroatoms. The van der Waals surface area contributed by atoms with Crippen LogP contribution in [0.2, 0.25) is 0 Å². The molecule has 0 aliphatic carbocycles. The fourth-order valence-electron chi connectivity index (χ4n) is 3.62. The Labute approximate surface area is 140 Å². The summed E-state index contributed by atoms with van der Waals surface area (Å²) in [6.45, 7) is 5.25. The van der Waals surface area contributed by atoms with Gasteiger partial charge in [0, 0.05) is 43.2 Å². The summed E-state index contributed by atoms with van der Waals surface area (Å²) in [7, 11) is 0. The second-order valence-corrected chi connectivity index (χ2v) is 7.58. The summed E-state index contributed by atoms with van der Waals surface area (Å²) in [6, 6.07) is 2.42. The van der Waals surface area contributed by atoms with E-state index in [4.69, 9.17) is 0 Å². The standard InChI is InChI=1S/C17H22N4OS/c1-12-8-21-10-14(2-3-16(21)18-12)19-17(22)11-20-6-4-15-13(9-20)5-7-23-15/h5,7-8,14H,2-4,6,9-11H2,1H3,(H,19,22)/t14-/m1/s1. The van der Waals surface area contributed by atoms with Crippen LogP contribution < -0.4 is 5.32 Å². The maximum absolute atomic E-state index is 12.4. The molecule has 122 valence electrons. The van der Waals surface area contributed by atoms with Crippen LogP contribution >= 0.6 is 11.3 Å². The van der Waals surface area contributed by atoms with E-state index in [0.717, 1.165) is 50.4 Å². The zero-order valence-electron chi connectivity index (χ0n) is 13.4. The average Bonchev–Trinajstić information content (AvgIpc) is 3.11. The van der Waals surface area contributed by atoms with Crippen LogP contribution in [-0.4, -0.2) is 39.5 Å². The monoisotopic (exact) mass is 330 g/mol. The summed E-state index contributed by atoms with van der Waals surface area (Å²) in [5, 5.41) is 5.36. The number of hydrogen-bond acceptors (Lipinski definition) is 4. The molecule has 4 rings (SSSR count). The number of nitrogens with one attached hydrogen (secondary N) is 1. The van der Waals surface area contributed by atoms with E-state index in [2.05, 4.69) is 37.4 Å². The predicted molar refractivity (Wildman–Crippen MR) is 90.5 cm³/mol. The Kier molecular flexibility index (Phi) is 3.95. The van der Waals surface area contributed by atoms with Crippen LogP contribution in [-0.2, 0) is 30.7 Å². The van der Waals surface area contributed by atoms with E-state index >= 15 is 0 Å². The van der Waals surface area contributed by atoms with Crippen LogP contribution in [0.4, 0.5) is 0 Å². The molecule has 1 atom stereocenters. The quantitative estimate of drug-likeness (QED) is 0.933. The first-order chi connectivity index (χ1) is 11.2. The first kappa shape index (κ1) is 14.9. The molecule has 23 heavy (non-hydrogen) atoms. The summed E-state index contributed by atoms with van der Waals surface area (Å²) in [5.41, 5.74) is 2.46. The van der Waals surface area contributed by atoms with Crippen molar-refractivity contribution in [2.75, 3.05) is 13.1 Å². The molecule has 0 unspecified atom stereocenters. The number of amides is 1. The van der Waals surface area contributed by atoms with Crippen LogP contribution in [0.15, 0.2) is 17.6 Å². The van der Waals surface area contributed by atoms with Crippen molar-refractivity contribution in [2.45, 2.75) is 45.3 Å². The van der Waals surface area contributed by atoms with Crippen molar-refractivity contribution in [3.8, 4) is 0 Å². The molecule has 2 aliphatic rings. The van der Waals surface area contributed by atoms with Gasteiger partial charge in [0.15, 0.2) is 0 Å². The largest absolute Gasteiger partial charge is 0.350 e. The molecule has 0 fully saturated rings. The Bertz CT molecular complexity index is 720. The van der Waals surface area contributed by atoms with Gasteiger partial charge in [0.2, 0.25) is 5.91 Å². The fraction of sp³-hybridized carbons (Fsp3) is 0.529. The number of aromatic nitrogens is 2. The van der Waals surface area contributed by atoms with E-state index < -0.39 is 0 Å². The molecule has 0 radical (unpaired) electrons. The molecule has 0 saturated carbocycles. The van der Waals surface area contributed by atoms with Crippen molar-refractivity contribution in [1.82, 2.24) is 19.8 Å². The first-order valence-electron chi connectivity index (χ1n) is 8.27. The Morgan fingerprint density at radius 2 is 2.39 bits per heavy atom. The van der Waals surface area contributed by atoms with Crippen LogP contribution in [0, 0.1) is 6.92 Å². The van der Waals surface area contributed by atoms with Crippen LogP contribution in [0.25, 0.3) is 0 Å². The maximum Gasteiger partial charge on any atom is 0.234 e. The van der Waals surface area contributed by atoms with Gasteiger partial charge in [-0.05, 0) is 36.8 Å². The van der Waals surface area contributed by atoms with E-state index in [1.165, 1.54) is 10.4 Å². The van der Waals surface area contributed by atoms with Gasteiger partial charge < -0.3 is 9.88 Å². The number of thiophene rings is 1. The van der Waals surface area contributed by atoms with E-state index in [1.807, 2.05) is 18.3 Å². The summed E-state index contributed by atoms with van der Waals surface area (Å²) in [6.07, 6.45) is 5.08. The highest BCUT2D eigenvalue weighted by molar-refractivity contribution is 7.10. The van der Waals surface area contributed by atoms with E-state index in [0.29, 0.717) is 6.54 Å². The zero-order chi connectivity index (χ0) is 15.8. The molecule has 2 aromatic rings. The van der Waals surface area contributed by atoms with Gasteiger partial charge in [-0.25, -0.2) is 4.98 Å². The normalized spacial score (nSPS) is 20.8. The summed E-state index contributed by atoms with van der Waals surface area (Å²) < 4.78 is 2.18. The number of nitrogens with zero attached hydrogens (tertiary/aromatic N) is 3. The highest BCUT2D eigenvalue weighted by Crippen LogP contribution is 2.23. The van der Waals surface area contributed by atoms with Crippen molar-refractivity contribution < 1.29 is 4.79 Å². The smallest absolute Gasteiger partial charge is 0.234 e. The third-order valence-electron chi connectivity index (χ3n) is 4.73. The van der Waals surface area contributed by atoms with Gasteiger partial charge in [0.05, 0.1) is 12.2 Å². The van der Waals surface area contributed by atoms with Crippen molar-refractivity contribution in [1.29, 1.82) is 0 Å². The van der Waals surface area contributed by atoms with Gasteiger partial charge in [-0.2, -0.15) is 0 Å². The molecular weight excluding hydrogens is 308 g/mol. The Hall–Kier alpha value is -1.66. The second kappa shape index (κ2) is 6.09. The van der Waals surface area contributed by atoms with Gasteiger partial charge >= 0.3 is 0 Å². The van der Waals surface area contributed by atoms with E-state index in [9.17, 15) is 4.79 Å². The lowest BCUT2D eigenvalue weighted by Crippen LogP contribution is -2.46. The summed E-state index contributed by atoms with van der Waals surface area (Å²) >= 11 is 1.83. The van der Waals surface area contributed by atoms with Gasteiger partial charge in [0.25, 0.3) is 0 Å². The van der Waals surface area contributed by atoms with Crippen LogP contribution in [0.3, 0.4) is 0 Å². The van der Waals surface area contributed by atoms with Crippen LogP contribution in [0.5, 0.6) is 0 Å². The third kappa shape index (κ3) is 3.19. The lowest BCUT2D eigenvalue weighted by atomic mass is 10.1. The average molecular weight is 330 g/mol.